The molecule has 0 radical (unpaired) electrons. The fraction of sp³-hybridized carbons (Fsp3) is 0.583. The first-order valence-corrected chi connectivity index (χ1v) is 48.1. The van der Waals surface area contributed by atoms with Crippen molar-refractivity contribution in [2.75, 3.05) is 118 Å². The second-order valence-corrected chi connectivity index (χ2v) is 33.1. The average Bonchev–Trinajstić information content (AvgIpc) is 0.837. The molecule has 0 saturated heterocycles. The van der Waals surface area contributed by atoms with Crippen LogP contribution in [0.1, 0.15) is 158 Å². The average molecular weight is 2090 g/mol. The van der Waals surface area contributed by atoms with Crippen LogP contribution in [0.15, 0.2) is 110 Å². The van der Waals surface area contributed by atoms with Gasteiger partial charge in [-0.05, 0) is 197 Å². The predicted octanol–water partition coefficient (Wildman–Crippen LogP) is -26.7. The van der Waals surface area contributed by atoms with Crippen LogP contribution in [0.2, 0.25) is 0 Å². The Morgan fingerprint density at radius 3 is 0.279 bits per heavy atom. The third kappa shape index (κ3) is 80.0. The maximum Gasteiger partial charge on any atom is 2.00 e. The van der Waals surface area contributed by atoms with Crippen molar-refractivity contribution < 1.29 is 299 Å². The van der Waals surface area contributed by atoms with Gasteiger partial charge in [-0.3, -0.25) is 29.9 Å². The zero-order valence-corrected chi connectivity index (χ0v) is 84.5. The molecule has 6 heterocycles. The van der Waals surface area contributed by atoms with Crippen molar-refractivity contribution in [3.8, 4) is 34.2 Å². The van der Waals surface area contributed by atoms with Gasteiger partial charge in [0.2, 0.25) is 0 Å². The van der Waals surface area contributed by atoms with Gasteiger partial charge in [0.05, 0.1) is 152 Å². The van der Waals surface area contributed by atoms with Crippen molar-refractivity contribution in [1.82, 2.24) is 29.9 Å². The topological polar surface area (TPSA) is 941 Å². The maximum atomic E-state index is 8.49. The number of quaternary nitrogens is 6. The van der Waals surface area contributed by atoms with Crippen molar-refractivity contribution in [2.24, 2.45) is 0 Å². The van der Waals surface area contributed by atoms with Crippen LogP contribution in [0.3, 0.4) is 0 Å². The van der Waals surface area contributed by atoms with Crippen LogP contribution in [0.5, 0.6) is 0 Å². The van der Waals surface area contributed by atoms with Crippen LogP contribution in [-0.2, 0) is 58.7 Å². The van der Waals surface area contributed by atoms with E-state index in [1.807, 2.05) is 37.2 Å². The fourth-order valence-corrected chi connectivity index (χ4v) is 12.4. The van der Waals surface area contributed by atoms with Gasteiger partial charge in [0.15, 0.2) is 0 Å². The predicted molar refractivity (Wildman–Crippen MR) is 370 cm³/mol. The SMILES string of the molecule is CC[N+](CC)(CC)Cc1ccc(-c2ccc(C[N+](CC)(CC)CC)cn2)nc1.CC[N+](CC)(CC)Cc1ccc(-c2ccc(C[N+](CC)(CC)CC)cn2)nc1.CC[N+](CC)(CC)Cc1ccc(-c2ccc(C[N+](CC)(CC)CC)cn2)nc1.O.O.O.O.[O-][Cl+3]([O-])([O-])[O-].[O-][Cl+3]([O-])([O-])[O-].[O-][Cl+3]([O-])([O-])[O-].[O-][Cl+3]([O-])([O-])[O-].[O-][Cl+3]([O-])([O-])[O-].[O-][Cl+3]([O-])([O-])[O-].[O-][Cl+3]([O-])([O-])[O-].[O-][Cl+3]([O-])([O-])[O-].[Zn+2]. The van der Waals surface area contributed by atoms with Gasteiger partial charge in [-0.1, -0.05) is 0 Å². The molecule has 0 aliphatic carbocycles. The van der Waals surface area contributed by atoms with E-state index in [1.165, 1.54) is 33.4 Å². The number of nitrogens with zero attached hydrogens (tertiary/aromatic N) is 12. The first-order chi connectivity index (χ1) is 56.5. The van der Waals surface area contributed by atoms with Gasteiger partial charge in [-0.15, -0.1) is 81.9 Å². The first-order valence-electron chi connectivity index (χ1n) is 38.2. The zero-order valence-electron chi connectivity index (χ0n) is 75.5. The maximum absolute atomic E-state index is 8.49. The largest absolute Gasteiger partial charge is 2.00 e. The van der Waals surface area contributed by atoms with Crippen LogP contribution in [-0.4, -0.2) is 197 Å². The zero-order chi connectivity index (χ0) is 97.9. The molecule has 0 spiro atoms. The van der Waals surface area contributed by atoms with Crippen LogP contribution in [0.4, 0.5) is 0 Å². The minimum absolute atomic E-state index is 0. The fourth-order valence-electron chi connectivity index (χ4n) is 12.4. The van der Waals surface area contributed by atoms with Gasteiger partial charge in [0.1, 0.15) is 39.3 Å². The molecule has 750 valence electrons. The summed E-state index contributed by atoms with van der Waals surface area (Å²) in [5.41, 5.74) is 13.6. The molecule has 57 heteroatoms. The second kappa shape index (κ2) is 69.9. The van der Waals surface area contributed by atoms with Crippen molar-refractivity contribution in [3.05, 3.63) is 143 Å². The summed E-state index contributed by atoms with van der Waals surface area (Å²) in [5, 5.41) is 0. The summed E-state index contributed by atoms with van der Waals surface area (Å²) in [6.45, 7) is 68.2. The number of hydrogen-bond acceptors (Lipinski definition) is 38. The molecule has 8 N–H and O–H groups in total. The minimum Gasteiger partial charge on any atom is -0.412 e. The molecular formula is C72H128Cl8N12O36Zn. The Hall–Kier alpha value is -3.84. The summed E-state index contributed by atoms with van der Waals surface area (Å²) in [5.74, 6) is 0. The monoisotopic (exact) mass is 2080 g/mol. The first kappa shape index (κ1) is 145. The molecule has 6 aromatic rings. The molecule has 0 bridgehead atoms. The molecule has 6 aromatic heterocycles. The normalized spacial score (nSPS) is 11.8. The van der Waals surface area contributed by atoms with E-state index in [0.717, 1.165) is 218 Å². The van der Waals surface area contributed by atoms with Crippen LogP contribution >= 0.6 is 0 Å². The van der Waals surface area contributed by atoms with Crippen molar-refractivity contribution in [2.45, 2.75) is 164 Å². The molecule has 48 nitrogen and oxygen atoms in total. The summed E-state index contributed by atoms with van der Waals surface area (Å²) in [7, 11) is -39.6. The second-order valence-electron chi connectivity index (χ2n) is 27.0. The Bertz CT molecular complexity index is 2930. The number of aromatic nitrogens is 6. The standard InChI is InChI=1S/3C24H40N4.8ClHO4.4H2O.Zn/c3*1-7-27(8-2,9-3)19-21-13-15-23(25-17-21)24-16-14-22(18-26-24)20-28(10-4,11-5)12-6;8*2-1(3,4)5;;;;;/h3*13-18H,7-12,19-20H2,1-6H3;8*(H,2,3,4,5);4*1H2;/q3*+2;;;;;;;;;;;;;+2/p-8. The molecule has 0 unspecified atom stereocenters. The third-order valence-corrected chi connectivity index (χ3v) is 20.9. The minimum atomic E-state index is -4.94. The van der Waals surface area contributed by atoms with Gasteiger partial charge >= 0.3 is 19.5 Å². The van der Waals surface area contributed by atoms with Crippen LogP contribution in [0, 0.1) is 81.9 Å². The van der Waals surface area contributed by atoms with Crippen molar-refractivity contribution in [3.63, 3.8) is 0 Å². The Morgan fingerprint density at radius 2 is 0.233 bits per heavy atom. The van der Waals surface area contributed by atoms with Gasteiger partial charge in [-0.2, -0.15) is 0 Å². The Balaban J connectivity index is -0.000000167. The summed E-state index contributed by atoms with van der Waals surface area (Å²) < 4.78 is 278. The van der Waals surface area contributed by atoms with Gasteiger partial charge < -0.3 is 48.8 Å². The van der Waals surface area contributed by atoms with E-state index in [4.69, 9.17) is 179 Å². The van der Waals surface area contributed by atoms with Crippen molar-refractivity contribution in [1.29, 1.82) is 0 Å². The smallest absolute Gasteiger partial charge is 0.412 e. The van der Waals surface area contributed by atoms with Crippen LogP contribution in [0.25, 0.3) is 34.2 Å². The summed E-state index contributed by atoms with van der Waals surface area (Å²) in [4.78, 5) is 28.3. The summed E-state index contributed by atoms with van der Waals surface area (Å²) in [6.07, 6.45) is 12.2. The number of hydrogen-bond donors (Lipinski definition) is 0. The molecule has 0 aromatic carbocycles. The molecule has 0 saturated carbocycles. The van der Waals surface area contributed by atoms with Gasteiger partial charge in [-0.25, -0.2) is 149 Å². The summed E-state index contributed by atoms with van der Waals surface area (Å²) in [6, 6.07) is 26.1. The van der Waals surface area contributed by atoms with E-state index in [1.54, 1.807) is 0 Å². The molecule has 0 fully saturated rings. The third-order valence-electron chi connectivity index (χ3n) is 20.9. The van der Waals surface area contributed by atoms with E-state index < -0.39 is 81.9 Å². The van der Waals surface area contributed by atoms with E-state index in [0.29, 0.717) is 0 Å². The van der Waals surface area contributed by atoms with Crippen LogP contribution < -0.4 is 149 Å². The molecule has 6 rings (SSSR count). The molecule has 0 atom stereocenters. The van der Waals surface area contributed by atoms with Gasteiger partial charge in [0.25, 0.3) is 0 Å². The number of pyridine rings is 6. The Morgan fingerprint density at radius 1 is 0.163 bits per heavy atom. The Labute approximate surface area is 783 Å². The number of halogens is 8. The van der Waals surface area contributed by atoms with E-state index in [-0.39, 0.29) is 41.4 Å². The number of rotatable bonds is 33. The molecule has 0 aliphatic rings. The molecule has 129 heavy (non-hydrogen) atoms. The van der Waals surface area contributed by atoms with Gasteiger partial charge in [0, 0.05) is 70.6 Å². The summed E-state index contributed by atoms with van der Waals surface area (Å²) >= 11 is 0. The van der Waals surface area contributed by atoms with E-state index in [9.17, 15) is 0 Å². The van der Waals surface area contributed by atoms with Crippen molar-refractivity contribution >= 4 is 0 Å². The quantitative estimate of drug-likeness (QED) is 0.0273. The molecule has 0 amide bonds. The molecular weight excluding hydrogens is 1960 g/mol. The van der Waals surface area contributed by atoms with E-state index in [2.05, 4.69) is 197 Å². The van der Waals surface area contributed by atoms with E-state index >= 15 is 0 Å². The molecule has 0 aliphatic heterocycles. The Kier molecular flexibility index (Phi) is 78.8.